The summed E-state index contributed by atoms with van der Waals surface area (Å²) in [6, 6.07) is 12.5. The number of ketones is 1. The van der Waals surface area contributed by atoms with Crippen molar-refractivity contribution in [3.05, 3.63) is 64.7 Å². The smallest absolute Gasteiger partial charge is 0.306 e. The van der Waals surface area contributed by atoms with Gasteiger partial charge in [0, 0.05) is 24.1 Å². The highest BCUT2D eigenvalue weighted by Crippen LogP contribution is 2.24. The second-order valence-electron chi connectivity index (χ2n) is 8.48. The van der Waals surface area contributed by atoms with Gasteiger partial charge in [0.15, 0.2) is 6.10 Å². The van der Waals surface area contributed by atoms with Crippen LogP contribution in [0.25, 0.3) is 0 Å². The third-order valence-electron chi connectivity index (χ3n) is 6.03. The van der Waals surface area contributed by atoms with Crippen LogP contribution in [0.2, 0.25) is 0 Å². The van der Waals surface area contributed by atoms with E-state index in [1.165, 1.54) is 11.1 Å². The monoisotopic (exact) mass is 468 g/mol. The van der Waals surface area contributed by atoms with E-state index < -0.39 is 16.1 Å². The first-order valence-corrected chi connectivity index (χ1v) is 12.9. The number of Topliss-reactive ketones (excluding diaryl/α,β-unsaturated/α-hetero) is 1. The number of hydrogen-bond acceptors (Lipinski definition) is 6. The van der Waals surface area contributed by atoms with Gasteiger partial charge in [0.25, 0.3) is 10.0 Å². The highest BCUT2D eigenvalue weighted by atomic mass is 32.2. The number of benzene rings is 2. The van der Waals surface area contributed by atoms with Crippen LogP contribution in [0.4, 0.5) is 0 Å². The Bertz CT molecular complexity index is 1200. The first-order valence-electron chi connectivity index (χ1n) is 11.4. The number of sulfonamides is 1. The summed E-state index contributed by atoms with van der Waals surface area (Å²) in [5.74, 6) is -0.196. The Morgan fingerprint density at radius 3 is 2.70 bits per heavy atom. The summed E-state index contributed by atoms with van der Waals surface area (Å²) >= 11 is 0. The summed E-state index contributed by atoms with van der Waals surface area (Å²) in [4.78, 5) is 29.4. The number of hydrogen-bond donors (Lipinski definition) is 1. The molecule has 0 aromatic heterocycles. The lowest BCUT2D eigenvalue weighted by Gasteiger charge is -2.13. The van der Waals surface area contributed by atoms with Gasteiger partial charge in [-0.1, -0.05) is 30.7 Å². The van der Waals surface area contributed by atoms with E-state index in [0.717, 1.165) is 25.7 Å². The molecule has 4 rings (SSSR count). The highest BCUT2D eigenvalue weighted by molar-refractivity contribution is 7.90. The van der Waals surface area contributed by atoms with Gasteiger partial charge in [0.2, 0.25) is 5.78 Å². The fraction of sp³-hybridized carbons (Fsp3) is 0.400. The molecule has 8 heteroatoms. The molecule has 0 saturated heterocycles. The molecule has 1 aliphatic heterocycles. The lowest BCUT2D eigenvalue weighted by atomic mass is 10.0. The van der Waals surface area contributed by atoms with Crippen LogP contribution >= 0.6 is 0 Å². The van der Waals surface area contributed by atoms with Crippen LogP contribution in [-0.2, 0) is 32.4 Å². The molecule has 0 fully saturated rings. The molecule has 0 saturated carbocycles. The molecule has 0 bridgehead atoms. The minimum Gasteiger partial charge on any atom is -0.454 e. The van der Waals surface area contributed by atoms with Gasteiger partial charge >= 0.3 is 5.97 Å². The lowest BCUT2D eigenvalue weighted by Crippen LogP contribution is -2.24. The maximum Gasteiger partial charge on any atom is 0.306 e. The Kier molecular flexibility index (Phi) is 6.93. The predicted octanol–water partition coefficient (Wildman–Crippen LogP) is 3.59. The van der Waals surface area contributed by atoms with Crippen LogP contribution in [0.5, 0.6) is 0 Å². The van der Waals surface area contributed by atoms with Crippen LogP contribution < -0.4 is 4.72 Å². The largest absolute Gasteiger partial charge is 0.454 e. The molecule has 33 heavy (non-hydrogen) atoms. The number of nitrogens with zero attached hydrogens (tertiary/aromatic N) is 1. The first kappa shape index (κ1) is 23.2. The van der Waals surface area contributed by atoms with Gasteiger partial charge < -0.3 is 4.74 Å². The predicted molar refractivity (Wildman–Crippen MR) is 125 cm³/mol. The summed E-state index contributed by atoms with van der Waals surface area (Å²) in [6.07, 6.45) is 4.67. The SMILES string of the molecule is CC(OC(=O)CCCCCN=C1NS(=O)(=O)c2ccccc21)C(=O)c1ccc2c(c1)CCC2. The van der Waals surface area contributed by atoms with E-state index in [1.54, 1.807) is 31.2 Å². The number of carbonyl (C=O) groups excluding carboxylic acids is 2. The highest BCUT2D eigenvalue weighted by Gasteiger charge is 2.29. The molecule has 0 amide bonds. The maximum absolute atomic E-state index is 12.6. The number of rotatable bonds is 9. The zero-order valence-electron chi connectivity index (χ0n) is 18.7. The molecule has 7 nitrogen and oxygen atoms in total. The fourth-order valence-electron chi connectivity index (χ4n) is 4.27. The molecule has 0 spiro atoms. The zero-order valence-corrected chi connectivity index (χ0v) is 19.5. The van der Waals surface area contributed by atoms with Gasteiger partial charge in [-0.05, 0) is 68.4 Å². The standard InChI is InChI=1S/C25H28N2O5S/c1-17(24(29)20-14-13-18-8-7-9-19(18)16-20)32-23(28)12-3-2-6-15-26-25-21-10-4-5-11-22(21)33(30,31)27-25/h4-5,10-11,13-14,16-17H,2-3,6-9,12,15H2,1H3,(H,26,27). The Balaban J connectivity index is 1.18. The van der Waals surface area contributed by atoms with E-state index in [2.05, 4.69) is 9.71 Å². The molecule has 1 unspecified atom stereocenters. The van der Waals surface area contributed by atoms with Gasteiger partial charge in [-0.15, -0.1) is 0 Å². The summed E-state index contributed by atoms with van der Waals surface area (Å²) in [5, 5.41) is 0. The Morgan fingerprint density at radius 1 is 1.06 bits per heavy atom. The van der Waals surface area contributed by atoms with Crippen molar-refractivity contribution in [1.82, 2.24) is 4.72 Å². The van der Waals surface area contributed by atoms with Gasteiger partial charge in [-0.25, -0.2) is 8.42 Å². The molecule has 2 aromatic rings. The minimum atomic E-state index is -3.52. The van der Waals surface area contributed by atoms with Crippen molar-refractivity contribution >= 4 is 27.6 Å². The lowest BCUT2D eigenvalue weighted by molar-refractivity contribution is -0.146. The average Bonchev–Trinajstić information content (AvgIpc) is 3.37. The van der Waals surface area contributed by atoms with Crippen molar-refractivity contribution in [2.75, 3.05) is 6.54 Å². The normalized spacial score (nSPS) is 17.8. The molecule has 2 aromatic carbocycles. The number of ether oxygens (including phenoxy) is 1. The number of aryl methyl sites for hydroxylation is 2. The number of esters is 1. The van der Waals surface area contributed by atoms with Crippen molar-refractivity contribution in [1.29, 1.82) is 0 Å². The van der Waals surface area contributed by atoms with Gasteiger partial charge in [-0.2, -0.15) is 0 Å². The molecule has 1 heterocycles. The molecule has 1 aliphatic carbocycles. The molecule has 2 aliphatic rings. The van der Waals surface area contributed by atoms with E-state index in [4.69, 9.17) is 4.74 Å². The number of carbonyl (C=O) groups is 2. The average molecular weight is 469 g/mol. The van der Waals surface area contributed by atoms with E-state index in [-0.39, 0.29) is 23.1 Å². The molecular weight excluding hydrogens is 440 g/mol. The molecule has 1 N–H and O–H groups in total. The minimum absolute atomic E-state index is 0.173. The van der Waals surface area contributed by atoms with Crippen LogP contribution in [0.3, 0.4) is 0 Å². The summed E-state index contributed by atoms with van der Waals surface area (Å²) in [6.45, 7) is 2.07. The summed E-state index contributed by atoms with van der Waals surface area (Å²) in [5.41, 5.74) is 3.70. The third kappa shape index (κ3) is 5.33. The third-order valence-corrected chi connectivity index (χ3v) is 7.43. The Hall–Kier alpha value is -3.00. The van der Waals surface area contributed by atoms with Gasteiger partial charge in [0.1, 0.15) is 5.84 Å². The number of amidine groups is 1. The molecular formula is C25H28N2O5S. The number of unbranched alkanes of at least 4 members (excludes halogenated alkanes) is 2. The van der Waals surface area contributed by atoms with Crippen molar-refractivity contribution < 1.29 is 22.7 Å². The van der Waals surface area contributed by atoms with Crippen LogP contribution in [0.15, 0.2) is 52.4 Å². The zero-order chi connectivity index (χ0) is 23.4. The van der Waals surface area contributed by atoms with Crippen LogP contribution in [0.1, 0.15) is 66.1 Å². The van der Waals surface area contributed by atoms with Crippen LogP contribution in [0, 0.1) is 0 Å². The fourth-order valence-corrected chi connectivity index (χ4v) is 5.52. The molecule has 1 atom stereocenters. The summed E-state index contributed by atoms with van der Waals surface area (Å²) in [7, 11) is -3.52. The Labute approximate surface area is 194 Å². The van der Waals surface area contributed by atoms with Crippen molar-refractivity contribution in [2.24, 2.45) is 4.99 Å². The van der Waals surface area contributed by atoms with E-state index in [1.807, 2.05) is 18.2 Å². The van der Waals surface area contributed by atoms with Crippen molar-refractivity contribution in [2.45, 2.75) is 62.9 Å². The second kappa shape index (κ2) is 9.87. The number of fused-ring (bicyclic) bond motifs is 2. The van der Waals surface area contributed by atoms with E-state index in [9.17, 15) is 18.0 Å². The number of nitrogens with one attached hydrogen (secondary N) is 1. The molecule has 174 valence electrons. The first-order chi connectivity index (χ1) is 15.8. The summed E-state index contributed by atoms with van der Waals surface area (Å²) < 4.78 is 32.0. The quantitative estimate of drug-likeness (QED) is 0.344. The second-order valence-corrected chi connectivity index (χ2v) is 10.1. The van der Waals surface area contributed by atoms with E-state index >= 15 is 0 Å². The van der Waals surface area contributed by atoms with E-state index in [0.29, 0.717) is 36.3 Å². The van der Waals surface area contributed by atoms with Crippen LogP contribution in [-0.4, -0.2) is 38.7 Å². The maximum atomic E-state index is 12.6. The topological polar surface area (TPSA) is 102 Å². The van der Waals surface area contributed by atoms with Crippen molar-refractivity contribution in [3.63, 3.8) is 0 Å². The van der Waals surface area contributed by atoms with Crippen molar-refractivity contribution in [3.8, 4) is 0 Å². The molecule has 0 radical (unpaired) electrons. The van der Waals surface area contributed by atoms with Gasteiger partial charge in [0.05, 0.1) is 4.90 Å². The number of aliphatic imine (C=N–C) groups is 1. The van der Waals surface area contributed by atoms with Gasteiger partial charge in [-0.3, -0.25) is 19.3 Å². The Morgan fingerprint density at radius 2 is 1.85 bits per heavy atom.